The number of hydrogen-bond acceptors (Lipinski definition) is 8. The lowest BCUT2D eigenvalue weighted by Gasteiger charge is -2.31. The van der Waals surface area contributed by atoms with Crippen LogP contribution >= 0.6 is 0 Å². The highest BCUT2D eigenvalue weighted by Crippen LogP contribution is 2.31. The normalized spacial score (nSPS) is 13.6. The summed E-state index contributed by atoms with van der Waals surface area (Å²) in [5.74, 6) is -1.06. The Morgan fingerprint density at radius 3 is 1.95 bits per heavy atom. The van der Waals surface area contributed by atoms with Crippen molar-refractivity contribution in [3.8, 4) is 11.1 Å². The van der Waals surface area contributed by atoms with Gasteiger partial charge in [-0.15, -0.1) is 0 Å². The molecular formula is C28H35N3O6. The van der Waals surface area contributed by atoms with Crippen molar-refractivity contribution in [3.63, 3.8) is 0 Å². The van der Waals surface area contributed by atoms with Gasteiger partial charge in [0, 0.05) is 11.9 Å². The van der Waals surface area contributed by atoms with Crippen molar-refractivity contribution in [2.45, 2.75) is 65.1 Å². The van der Waals surface area contributed by atoms with E-state index in [2.05, 4.69) is 5.10 Å². The van der Waals surface area contributed by atoms with E-state index in [9.17, 15) is 14.4 Å². The number of ether oxygens (including phenoxy) is 3. The Bertz CT molecular complexity index is 1330. The lowest BCUT2D eigenvalue weighted by Crippen LogP contribution is -2.44. The summed E-state index contributed by atoms with van der Waals surface area (Å²) in [5.41, 5.74) is 6.36. The van der Waals surface area contributed by atoms with Crippen LogP contribution in [0.1, 0.15) is 64.5 Å². The Kier molecular flexibility index (Phi) is 7.51. The van der Waals surface area contributed by atoms with Crippen LogP contribution in [0, 0.1) is 0 Å². The van der Waals surface area contributed by atoms with Crippen LogP contribution < -0.4 is 5.73 Å². The molecule has 1 aromatic heterocycles. The van der Waals surface area contributed by atoms with Gasteiger partial charge >= 0.3 is 18.0 Å². The molecule has 0 spiro atoms. The van der Waals surface area contributed by atoms with Gasteiger partial charge in [-0.1, -0.05) is 30.3 Å². The third-order valence-electron chi connectivity index (χ3n) is 5.74. The van der Waals surface area contributed by atoms with Crippen LogP contribution in [-0.4, -0.2) is 52.7 Å². The zero-order valence-corrected chi connectivity index (χ0v) is 22.7. The van der Waals surface area contributed by atoms with Crippen molar-refractivity contribution >= 4 is 28.9 Å². The summed E-state index contributed by atoms with van der Waals surface area (Å²) < 4.78 is 17.0. The molecule has 0 bridgehead atoms. The number of esters is 2. The SMILES string of the molecule is COC(=O)c1nn(C(=O)OC(C)(C)C)c2ccc(-c3ccc(C(C)(CN)C(=O)OC(C)(C)C)cc3)cc12. The molecule has 9 heteroatoms. The first-order valence-electron chi connectivity index (χ1n) is 12.0. The van der Waals surface area contributed by atoms with Gasteiger partial charge in [0.15, 0.2) is 5.69 Å². The number of nitrogens with zero attached hydrogens (tertiary/aromatic N) is 2. The van der Waals surface area contributed by atoms with Gasteiger partial charge in [0.05, 0.1) is 12.6 Å². The van der Waals surface area contributed by atoms with E-state index in [0.717, 1.165) is 21.4 Å². The smallest absolute Gasteiger partial charge is 0.435 e. The minimum atomic E-state index is -1.01. The lowest BCUT2D eigenvalue weighted by atomic mass is 9.81. The van der Waals surface area contributed by atoms with E-state index in [1.165, 1.54) is 7.11 Å². The number of aromatic nitrogens is 2. The molecule has 37 heavy (non-hydrogen) atoms. The minimum Gasteiger partial charge on any atom is -0.464 e. The molecule has 1 atom stereocenters. The Labute approximate surface area is 216 Å². The van der Waals surface area contributed by atoms with E-state index in [-0.39, 0.29) is 12.2 Å². The van der Waals surface area contributed by atoms with Gasteiger partial charge in [0.2, 0.25) is 0 Å². The molecular weight excluding hydrogens is 474 g/mol. The van der Waals surface area contributed by atoms with Crippen molar-refractivity contribution < 1.29 is 28.6 Å². The quantitative estimate of drug-likeness (QED) is 0.383. The molecule has 0 radical (unpaired) electrons. The first kappa shape index (κ1) is 27.9. The average Bonchev–Trinajstić information content (AvgIpc) is 3.20. The lowest BCUT2D eigenvalue weighted by molar-refractivity contribution is -0.161. The molecule has 1 unspecified atom stereocenters. The Morgan fingerprint density at radius 2 is 1.43 bits per heavy atom. The number of benzene rings is 2. The molecule has 0 amide bonds. The van der Waals surface area contributed by atoms with Crippen LogP contribution in [-0.2, 0) is 24.4 Å². The molecule has 1 heterocycles. The van der Waals surface area contributed by atoms with Crippen molar-refractivity contribution in [1.82, 2.24) is 9.78 Å². The van der Waals surface area contributed by atoms with E-state index in [4.69, 9.17) is 19.9 Å². The number of carbonyl (C=O) groups excluding carboxylic acids is 3. The fourth-order valence-electron chi connectivity index (χ4n) is 3.73. The second kappa shape index (κ2) is 9.97. The standard InChI is InChI=1S/C28H35N3O6/c1-26(2,3)36-24(33)28(7,16-29)19-12-9-17(10-13-19)18-11-14-21-20(15-18)22(23(32)35-8)30-31(21)25(34)37-27(4,5)6/h9-15H,16,29H2,1-8H3. The molecule has 0 fully saturated rings. The first-order valence-corrected chi connectivity index (χ1v) is 12.0. The molecule has 3 aromatic rings. The molecule has 198 valence electrons. The topological polar surface area (TPSA) is 123 Å². The van der Waals surface area contributed by atoms with Crippen LogP contribution in [0.25, 0.3) is 22.0 Å². The molecule has 0 aliphatic heterocycles. The summed E-state index contributed by atoms with van der Waals surface area (Å²) in [6.07, 6.45) is -0.701. The summed E-state index contributed by atoms with van der Waals surface area (Å²) in [6, 6.07) is 12.7. The summed E-state index contributed by atoms with van der Waals surface area (Å²) in [6.45, 7) is 12.5. The zero-order valence-electron chi connectivity index (χ0n) is 22.7. The summed E-state index contributed by atoms with van der Waals surface area (Å²) >= 11 is 0. The number of hydrogen-bond donors (Lipinski definition) is 1. The number of fused-ring (bicyclic) bond motifs is 1. The molecule has 2 N–H and O–H groups in total. The van der Waals surface area contributed by atoms with E-state index in [1.54, 1.807) is 39.8 Å². The van der Waals surface area contributed by atoms with Gasteiger partial charge in [0.25, 0.3) is 0 Å². The van der Waals surface area contributed by atoms with Gasteiger partial charge in [-0.3, -0.25) is 4.79 Å². The number of methoxy groups -OCH3 is 1. The van der Waals surface area contributed by atoms with Gasteiger partial charge in [0.1, 0.15) is 16.6 Å². The Morgan fingerprint density at radius 1 is 0.865 bits per heavy atom. The van der Waals surface area contributed by atoms with Crippen LogP contribution in [0.2, 0.25) is 0 Å². The van der Waals surface area contributed by atoms with Gasteiger partial charge in [-0.25, -0.2) is 9.59 Å². The molecule has 0 aliphatic carbocycles. The van der Waals surface area contributed by atoms with E-state index < -0.39 is 34.6 Å². The third-order valence-corrected chi connectivity index (χ3v) is 5.74. The molecule has 2 aromatic carbocycles. The molecule has 0 aliphatic rings. The van der Waals surface area contributed by atoms with Gasteiger partial charge < -0.3 is 19.9 Å². The monoisotopic (exact) mass is 509 g/mol. The van der Waals surface area contributed by atoms with Crippen LogP contribution in [0.15, 0.2) is 42.5 Å². The van der Waals surface area contributed by atoms with Crippen LogP contribution in [0.4, 0.5) is 4.79 Å². The number of carbonyl (C=O) groups is 3. The molecule has 0 saturated carbocycles. The highest BCUT2D eigenvalue weighted by Gasteiger charge is 2.37. The fraction of sp³-hybridized carbons (Fsp3) is 0.429. The second-order valence-electron chi connectivity index (χ2n) is 11.1. The maximum atomic E-state index is 12.9. The summed E-state index contributed by atoms with van der Waals surface area (Å²) in [4.78, 5) is 38.1. The molecule has 0 saturated heterocycles. The van der Waals surface area contributed by atoms with Crippen molar-refractivity contribution in [2.75, 3.05) is 13.7 Å². The van der Waals surface area contributed by atoms with E-state index in [1.807, 2.05) is 51.1 Å². The predicted molar refractivity (Wildman–Crippen MR) is 140 cm³/mol. The van der Waals surface area contributed by atoms with Gasteiger partial charge in [-0.2, -0.15) is 9.78 Å². The minimum absolute atomic E-state index is 0.00228. The third kappa shape index (κ3) is 5.99. The highest BCUT2D eigenvalue weighted by molar-refractivity contribution is 6.05. The summed E-state index contributed by atoms with van der Waals surface area (Å²) in [7, 11) is 1.25. The predicted octanol–water partition coefficient (Wildman–Crippen LogP) is 4.83. The Balaban J connectivity index is 2.03. The van der Waals surface area contributed by atoms with Crippen molar-refractivity contribution in [1.29, 1.82) is 0 Å². The second-order valence-corrected chi connectivity index (χ2v) is 11.1. The van der Waals surface area contributed by atoms with E-state index in [0.29, 0.717) is 10.9 Å². The van der Waals surface area contributed by atoms with Crippen LogP contribution in [0.5, 0.6) is 0 Å². The van der Waals surface area contributed by atoms with Crippen molar-refractivity contribution in [2.24, 2.45) is 5.73 Å². The maximum Gasteiger partial charge on any atom is 0.435 e. The first-order chi connectivity index (χ1) is 17.1. The fourth-order valence-corrected chi connectivity index (χ4v) is 3.73. The molecule has 9 nitrogen and oxygen atoms in total. The maximum absolute atomic E-state index is 12.9. The number of nitrogens with two attached hydrogens (primary N) is 1. The molecule has 3 rings (SSSR count). The Hall–Kier alpha value is -3.72. The largest absolute Gasteiger partial charge is 0.464 e. The summed E-state index contributed by atoms with van der Waals surface area (Å²) in [5, 5.41) is 4.63. The van der Waals surface area contributed by atoms with Gasteiger partial charge in [-0.05, 0) is 77.3 Å². The van der Waals surface area contributed by atoms with Crippen LogP contribution in [0.3, 0.4) is 0 Å². The zero-order chi connectivity index (χ0) is 27.8. The average molecular weight is 510 g/mol. The van der Waals surface area contributed by atoms with E-state index >= 15 is 0 Å². The number of rotatable bonds is 5. The van der Waals surface area contributed by atoms with Crippen molar-refractivity contribution in [3.05, 3.63) is 53.7 Å². The highest BCUT2D eigenvalue weighted by atomic mass is 16.6.